The molecule has 1 fully saturated rings. The molecule has 140 valence electrons. The number of amidine groups is 1. The largest absolute Gasteiger partial charge is 0.367 e. The number of hydrogen-bond donors (Lipinski definition) is 1. The van der Waals surface area contributed by atoms with E-state index in [4.69, 9.17) is 16.9 Å². The first-order valence-corrected chi connectivity index (χ1v) is 10.8. The molecule has 3 rings (SSSR count). The van der Waals surface area contributed by atoms with Crippen LogP contribution in [0.4, 0.5) is 11.4 Å². The second-order valence-corrected chi connectivity index (χ2v) is 7.90. The molecule has 0 aliphatic carbocycles. The zero-order valence-corrected chi connectivity index (χ0v) is 17.1. The van der Waals surface area contributed by atoms with Gasteiger partial charge in [-0.1, -0.05) is 29.4 Å². The molecule has 27 heavy (non-hydrogen) atoms. The van der Waals surface area contributed by atoms with Crippen LogP contribution in [0.25, 0.3) is 0 Å². The maximum Gasteiger partial charge on any atom is 0.264 e. The fourth-order valence-electron chi connectivity index (χ4n) is 2.82. The monoisotopic (exact) mass is 419 g/mol. The third-order valence-electron chi connectivity index (χ3n) is 4.16. The fourth-order valence-corrected chi connectivity index (χ4v) is 4.15. The number of thioether (sulfide) groups is 1. The Labute approximate surface area is 171 Å². The molecule has 1 aliphatic rings. The average Bonchev–Trinajstić information content (AvgIpc) is 3.22. The predicted molar refractivity (Wildman–Crippen MR) is 113 cm³/mol. The van der Waals surface area contributed by atoms with Crippen molar-refractivity contribution in [3.63, 3.8) is 0 Å². The minimum Gasteiger partial charge on any atom is -0.367 e. The molecular weight excluding hydrogens is 402 g/mol. The van der Waals surface area contributed by atoms with Crippen LogP contribution >= 0.6 is 34.7 Å². The number of nitriles is 1. The second kappa shape index (κ2) is 9.13. The van der Waals surface area contributed by atoms with Crippen LogP contribution in [-0.2, 0) is 0 Å². The Bertz CT molecular complexity index is 870. The van der Waals surface area contributed by atoms with Gasteiger partial charge in [0.2, 0.25) is 0 Å². The summed E-state index contributed by atoms with van der Waals surface area (Å²) in [6, 6.07) is 9.35. The van der Waals surface area contributed by atoms with E-state index in [1.54, 1.807) is 6.07 Å². The number of carbonyl (C=O) groups is 1. The van der Waals surface area contributed by atoms with E-state index < -0.39 is 0 Å². The van der Waals surface area contributed by atoms with E-state index in [1.807, 2.05) is 47.0 Å². The third kappa shape index (κ3) is 4.75. The number of aliphatic imine (C=N–C) groups is 1. The fraction of sp³-hybridized carbons (Fsp3) is 0.278. The standard InChI is InChI=1S/C18H18ClN5OS2/c1-26-18(21-12-20)22-13-4-5-15(14(19)11-13)23-6-8-24(9-7-23)17(25)16-3-2-10-27-16/h2-5,10-11H,6-9H2,1H3,(H,21,22). The molecule has 0 bridgehead atoms. The Morgan fingerprint density at radius 2 is 2.11 bits per heavy atom. The van der Waals surface area contributed by atoms with Crippen LogP contribution in [0.3, 0.4) is 0 Å². The van der Waals surface area contributed by atoms with Gasteiger partial charge < -0.3 is 9.80 Å². The highest BCUT2D eigenvalue weighted by Crippen LogP contribution is 2.31. The lowest BCUT2D eigenvalue weighted by atomic mass is 10.2. The maximum absolute atomic E-state index is 12.4. The van der Waals surface area contributed by atoms with Gasteiger partial charge in [-0.2, -0.15) is 5.26 Å². The Morgan fingerprint density at radius 1 is 1.33 bits per heavy atom. The van der Waals surface area contributed by atoms with Crippen molar-refractivity contribution in [3.8, 4) is 6.19 Å². The normalized spacial score (nSPS) is 14.8. The van der Waals surface area contributed by atoms with E-state index in [0.29, 0.717) is 29.0 Å². The van der Waals surface area contributed by atoms with Gasteiger partial charge in [-0.05, 0) is 35.9 Å². The highest BCUT2D eigenvalue weighted by Gasteiger charge is 2.23. The summed E-state index contributed by atoms with van der Waals surface area (Å²) in [5.74, 6) is 0.0926. The zero-order valence-electron chi connectivity index (χ0n) is 14.7. The number of nitrogens with zero attached hydrogens (tertiary/aromatic N) is 4. The van der Waals surface area contributed by atoms with Gasteiger partial charge in [0.1, 0.15) is 0 Å². The van der Waals surface area contributed by atoms with Gasteiger partial charge >= 0.3 is 0 Å². The smallest absolute Gasteiger partial charge is 0.264 e. The Balaban J connectivity index is 1.66. The minimum absolute atomic E-state index is 0.0926. The van der Waals surface area contributed by atoms with Gasteiger partial charge in [-0.25, -0.2) is 4.99 Å². The average molecular weight is 420 g/mol. The summed E-state index contributed by atoms with van der Waals surface area (Å²) in [4.78, 5) is 21.7. The number of nitrogens with one attached hydrogen (secondary N) is 1. The molecule has 0 saturated carbocycles. The summed E-state index contributed by atoms with van der Waals surface area (Å²) in [5.41, 5.74) is 1.61. The molecule has 0 spiro atoms. The molecular formula is C18H18ClN5OS2. The van der Waals surface area contributed by atoms with Crippen LogP contribution in [0.15, 0.2) is 40.7 Å². The number of benzene rings is 1. The van der Waals surface area contributed by atoms with E-state index in [0.717, 1.165) is 23.7 Å². The van der Waals surface area contributed by atoms with Gasteiger partial charge in [0.05, 0.1) is 21.3 Å². The van der Waals surface area contributed by atoms with Crippen molar-refractivity contribution in [2.24, 2.45) is 4.99 Å². The van der Waals surface area contributed by atoms with Gasteiger partial charge in [0, 0.05) is 26.2 Å². The van der Waals surface area contributed by atoms with Crippen molar-refractivity contribution in [1.29, 1.82) is 5.26 Å². The molecule has 0 unspecified atom stereocenters. The molecule has 0 radical (unpaired) electrons. The topological polar surface area (TPSA) is 71.7 Å². The van der Waals surface area contributed by atoms with Crippen LogP contribution < -0.4 is 10.2 Å². The van der Waals surface area contributed by atoms with Crippen molar-refractivity contribution in [1.82, 2.24) is 10.2 Å². The first kappa shape index (κ1) is 19.5. The number of piperazine rings is 1. The number of rotatable bonds is 3. The van der Waals surface area contributed by atoms with E-state index in [9.17, 15) is 4.79 Å². The number of thiophene rings is 1. The lowest BCUT2D eigenvalue weighted by molar-refractivity contribution is 0.0751. The van der Waals surface area contributed by atoms with E-state index >= 15 is 0 Å². The zero-order chi connectivity index (χ0) is 19.2. The van der Waals surface area contributed by atoms with E-state index in [1.165, 1.54) is 23.1 Å². The van der Waals surface area contributed by atoms with Crippen LogP contribution in [0.2, 0.25) is 5.02 Å². The highest BCUT2D eigenvalue weighted by atomic mass is 35.5. The molecule has 1 aliphatic heterocycles. The number of carbonyl (C=O) groups excluding carboxylic acids is 1. The highest BCUT2D eigenvalue weighted by molar-refractivity contribution is 8.13. The summed E-state index contributed by atoms with van der Waals surface area (Å²) in [7, 11) is 0. The Kier molecular flexibility index (Phi) is 6.61. The lowest BCUT2D eigenvalue weighted by Gasteiger charge is -2.36. The number of halogens is 1. The molecule has 1 saturated heterocycles. The second-order valence-electron chi connectivity index (χ2n) is 5.75. The quantitative estimate of drug-likeness (QED) is 0.354. The summed E-state index contributed by atoms with van der Waals surface area (Å²) < 4.78 is 0. The summed E-state index contributed by atoms with van der Waals surface area (Å²) in [6.07, 6.45) is 3.71. The van der Waals surface area contributed by atoms with Gasteiger partial charge in [0.25, 0.3) is 5.91 Å². The molecule has 0 atom stereocenters. The summed E-state index contributed by atoms with van der Waals surface area (Å²) >= 11 is 9.29. The number of hydrogen-bond acceptors (Lipinski definition) is 6. The molecule has 1 aromatic heterocycles. The Morgan fingerprint density at radius 3 is 2.70 bits per heavy atom. The SMILES string of the molecule is CSC(=Nc1ccc(N2CCN(C(=O)c3cccs3)CC2)c(Cl)c1)NC#N. The van der Waals surface area contributed by atoms with Crippen molar-refractivity contribution in [2.45, 2.75) is 0 Å². The Hall–Kier alpha value is -2.21. The van der Waals surface area contributed by atoms with Crippen LogP contribution in [-0.4, -0.2) is 48.4 Å². The maximum atomic E-state index is 12.4. The lowest BCUT2D eigenvalue weighted by Crippen LogP contribution is -2.48. The number of anilines is 1. The summed E-state index contributed by atoms with van der Waals surface area (Å²) in [6.45, 7) is 2.78. The molecule has 9 heteroatoms. The first-order chi connectivity index (χ1) is 13.1. The van der Waals surface area contributed by atoms with Crippen LogP contribution in [0, 0.1) is 11.5 Å². The molecule has 1 amide bonds. The minimum atomic E-state index is 0.0926. The van der Waals surface area contributed by atoms with Crippen LogP contribution in [0.5, 0.6) is 0 Å². The van der Waals surface area contributed by atoms with E-state index in [2.05, 4.69) is 15.2 Å². The van der Waals surface area contributed by atoms with Gasteiger partial charge in [-0.15, -0.1) is 11.3 Å². The predicted octanol–water partition coefficient (Wildman–Crippen LogP) is 3.79. The first-order valence-electron chi connectivity index (χ1n) is 8.27. The van der Waals surface area contributed by atoms with Crippen LogP contribution in [0.1, 0.15) is 9.67 Å². The van der Waals surface area contributed by atoms with Crippen molar-refractivity contribution >= 4 is 57.1 Å². The van der Waals surface area contributed by atoms with Gasteiger partial charge in [-0.3, -0.25) is 10.1 Å². The van der Waals surface area contributed by atoms with Crippen molar-refractivity contribution < 1.29 is 4.79 Å². The molecule has 6 nitrogen and oxygen atoms in total. The van der Waals surface area contributed by atoms with Gasteiger partial charge in [0.15, 0.2) is 11.4 Å². The molecule has 1 N–H and O–H groups in total. The molecule has 2 heterocycles. The summed E-state index contributed by atoms with van der Waals surface area (Å²) in [5, 5.41) is 14.3. The van der Waals surface area contributed by atoms with Crippen molar-refractivity contribution in [2.75, 3.05) is 37.3 Å². The molecule has 1 aromatic carbocycles. The third-order valence-corrected chi connectivity index (χ3v) is 5.90. The van der Waals surface area contributed by atoms with Crippen molar-refractivity contribution in [3.05, 3.63) is 45.6 Å². The van der Waals surface area contributed by atoms with E-state index in [-0.39, 0.29) is 5.91 Å². The number of amides is 1. The molecule has 2 aromatic rings.